The van der Waals surface area contributed by atoms with Gasteiger partial charge in [-0.3, -0.25) is 4.79 Å². The van der Waals surface area contributed by atoms with Crippen LogP contribution in [0.2, 0.25) is 0 Å². The zero-order valence-electron chi connectivity index (χ0n) is 16.9. The number of hydrogen-bond donors (Lipinski definition) is 1. The van der Waals surface area contributed by atoms with Crippen LogP contribution in [0.5, 0.6) is 0 Å². The number of aliphatic carboxylic acids is 1. The van der Waals surface area contributed by atoms with Crippen LogP contribution in [0.4, 0.5) is 0 Å². The molecule has 3 radical (unpaired) electrons. The van der Waals surface area contributed by atoms with Crippen molar-refractivity contribution in [1.82, 2.24) is 0 Å². The third-order valence-electron chi connectivity index (χ3n) is 4.99. The summed E-state index contributed by atoms with van der Waals surface area (Å²) in [5.41, 5.74) is 0. The van der Waals surface area contributed by atoms with Gasteiger partial charge in [0.15, 0.2) is 0 Å². The van der Waals surface area contributed by atoms with Gasteiger partial charge in [-0.2, -0.15) is 0 Å². The predicted molar refractivity (Wildman–Crippen MR) is 111 cm³/mol. The molecular weight excluding hydrogens is 418 g/mol. The number of rotatable bonds is 20. The summed E-state index contributed by atoms with van der Waals surface area (Å²) in [6.45, 7) is 2.28. The molecule has 1 N–H and O–H groups in total. The number of unbranched alkanes of at least 4 members (excludes halogenated alkanes) is 18. The number of carboxylic acids is 1. The SMILES string of the molecule is CCCCCCCCCCCCCCCCCCCCCC(=O)O.[Sb]. The van der Waals surface area contributed by atoms with Crippen molar-refractivity contribution in [3.63, 3.8) is 0 Å². The summed E-state index contributed by atoms with van der Waals surface area (Å²) in [5, 5.41) is 8.56. The van der Waals surface area contributed by atoms with Gasteiger partial charge in [0.2, 0.25) is 0 Å². The Hall–Kier alpha value is 0.288. The molecule has 0 unspecified atom stereocenters. The van der Waals surface area contributed by atoms with E-state index in [0.29, 0.717) is 6.42 Å². The van der Waals surface area contributed by atoms with Crippen molar-refractivity contribution < 1.29 is 9.90 Å². The normalized spacial score (nSPS) is 10.6. The van der Waals surface area contributed by atoms with Gasteiger partial charge in [0.05, 0.1) is 0 Å². The van der Waals surface area contributed by atoms with Gasteiger partial charge in [0, 0.05) is 30.8 Å². The molecule has 2 nitrogen and oxygen atoms in total. The molecule has 149 valence electrons. The van der Waals surface area contributed by atoms with Gasteiger partial charge < -0.3 is 5.11 Å². The Morgan fingerprint density at radius 3 is 1.00 bits per heavy atom. The van der Waals surface area contributed by atoms with E-state index in [1.165, 1.54) is 109 Å². The number of carboxylic acid groups (broad SMARTS) is 1. The first-order valence-electron chi connectivity index (χ1n) is 11.0. The molecule has 0 spiro atoms. The fourth-order valence-electron chi connectivity index (χ4n) is 3.35. The van der Waals surface area contributed by atoms with Gasteiger partial charge in [-0.1, -0.05) is 122 Å². The van der Waals surface area contributed by atoms with Crippen LogP contribution in [0.25, 0.3) is 0 Å². The Balaban J connectivity index is 0. The predicted octanol–water partition coefficient (Wildman–Crippen LogP) is 7.51. The first kappa shape index (κ1) is 27.5. The van der Waals surface area contributed by atoms with Crippen LogP contribution in [-0.2, 0) is 4.79 Å². The van der Waals surface area contributed by atoms with Crippen molar-refractivity contribution in [1.29, 1.82) is 0 Å². The van der Waals surface area contributed by atoms with E-state index in [9.17, 15) is 4.79 Å². The number of hydrogen-bond acceptors (Lipinski definition) is 1. The molecule has 25 heavy (non-hydrogen) atoms. The van der Waals surface area contributed by atoms with E-state index in [-0.39, 0.29) is 24.4 Å². The maximum absolute atomic E-state index is 10.4. The van der Waals surface area contributed by atoms with Gasteiger partial charge in [0.25, 0.3) is 0 Å². The second-order valence-corrected chi connectivity index (χ2v) is 7.51. The first-order chi connectivity index (χ1) is 11.8. The zero-order valence-corrected chi connectivity index (χ0v) is 19.5. The summed E-state index contributed by atoms with van der Waals surface area (Å²) in [6, 6.07) is 0. The molecule has 0 saturated heterocycles. The minimum Gasteiger partial charge on any atom is -0.481 e. The average Bonchev–Trinajstić information content (AvgIpc) is 2.56. The smallest absolute Gasteiger partial charge is 0.303 e. The topological polar surface area (TPSA) is 37.3 Å². The fraction of sp³-hybridized carbons (Fsp3) is 0.955. The minimum absolute atomic E-state index is 0. The molecule has 0 aromatic carbocycles. The maximum atomic E-state index is 10.4. The molecule has 0 bridgehead atoms. The van der Waals surface area contributed by atoms with E-state index < -0.39 is 5.97 Å². The number of carbonyl (C=O) groups is 1. The van der Waals surface area contributed by atoms with Crippen LogP contribution in [0.1, 0.15) is 135 Å². The molecule has 0 aliphatic rings. The van der Waals surface area contributed by atoms with Gasteiger partial charge in [-0.25, -0.2) is 0 Å². The van der Waals surface area contributed by atoms with Crippen molar-refractivity contribution in [2.45, 2.75) is 135 Å². The summed E-state index contributed by atoms with van der Waals surface area (Å²) in [5.74, 6) is -0.651. The van der Waals surface area contributed by atoms with Crippen molar-refractivity contribution in [2.75, 3.05) is 0 Å². The first-order valence-corrected chi connectivity index (χ1v) is 11.0. The third-order valence-corrected chi connectivity index (χ3v) is 4.99. The molecule has 0 aliphatic heterocycles. The molecule has 0 rings (SSSR count). The Morgan fingerprint density at radius 2 is 0.760 bits per heavy atom. The fourth-order valence-corrected chi connectivity index (χ4v) is 3.35. The molecule has 0 fully saturated rings. The Morgan fingerprint density at radius 1 is 0.520 bits per heavy atom. The van der Waals surface area contributed by atoms with E-state index in [2.05, 4.69) is 6.92 Å². The Labute approximate surface area is 175 Å². The average molecular weight is 462 g/mol. The second kappa shape index (κ2) is 24.3. The molecule has 3 heteroatoms. The minimum atomic E-state index is -0.651. The van der Waals surface area contributed by atoms with Crippen molar-refractivity contribution in [2.24, 2.45) is 0 Å². The van der Waals surface area contributed by atoms with Crippen LogP contribution >= 0.6 is 0 Å². The second-order valence-electron chi connectivity index (χ2n) is 7.51. The Kier molecular flexibility index (Phi) is 26.7. The van der Waals surface area contributed by atoms with Gasteiger partial charge in [-0.05, 0) is 6.42 Å². The monoisotopic (exact) mass is 461 g/mol. The van der Waals surface area contributed by atoms with Gasteiger partial charge >= 0.3 is 5.97 Å². The van der Waals surface area contributed by atoms with E-state index in [0.717, 1.165) is 12.8 Å². The molecule has 0 atom stereocenters. The van der Waals surface area contributed by atoms with Crippen LogP contribution in [0, 0.1) is 0 Å². The molecular formula is C22H44O2Sb. The van der Waals surface area contributed by atoms with Crippen LogP contribution < -0.4 is 0 Å². The van der Waals surface area contributed by atoms with E-state index in [4.69, 9.17) is 5.11 Å². The van der Waals surface area contributed by atoms with Crippen LogP contribution in [0.3, 0.4) is 0 Å². The van der Waals surface area contributed by atoms with E-state index >= 15 is 0 Å². The van der Waals surface area contributed by atoms with Crippen LogP contribution in [0.15, 0.2) is 0 Å². The summed E-state index contributed by atoms with van der Waals surface area (Å²) >= 11 is 0. The summed E-state index contributed by atoms with van der Waals surface area (Å²) in [6.07, 6.45) is 26.1. The van der Waals surface area contributed by atoms with E-state index in [1.807, 2.05) is 0 Å². The van der Waals surface area contributed by atoms with Crippen molar-refractivity contribution >= 4 is 30.4 Å². The largest absolute Gasteiger partial charge is 0.481 e. The third kappa shape index (κ3) is 26.6. The van der Waals surface area contributed by atoms with Gasteiger partial charge in [0.1, 0.15) is 0 Å². The molecule has 0 aromatic heterocycles. The summed E-state index contributed by atoms with van der Waals surface area (Å²) in [7, 11) is 0. The quantitative estimate of drug-likeness (QED) is 0.150. The molecule has 0 aromatic rings. The molecule has 0 heterocycles. The van der Waals surface area contributed by atoms with E-state index in [1.54, 1.807) is 0 Å². The summed E-state index contributed by atoms with van der Waals surface area (Å²) in [4.78, 5) is 10.4. The molecule has 0 aliphatic carbocycles. The van der Waals surface area contributed by atoms with Crippen molar-refractivity contribution in [3.8, 4) is 0 Å². The zero-order chi connectivity index (χ0) is 17.7. The molecule has 0 amide bonds. The Bertz CT molecular complexity index is 256. The van der Waals surface area contributed by atoms with Gasteiger partial charge in [-0.15, -0.1) is 0 Å². The van der Waals surface area contributed by atoms with Crippen molar-refractivity contribution in [3.05, 3.63) is 0 Å². The standard InChI is InChI=1S/C22H44O2.Sb/c1-2-3-4-5-6-7-8-9-10-11-12-13-14-15-16-17-18-19-20-21-22(23)24;/h2-21H2,1H3,(H,23,24);. The maximum Gasteiger partial charge on any atom is 0.303 e. The van der Waals surface area contributed by atoms with Crippen LogP contribution in [-0.4, -0.2) is 35.5 Å². The summed E-state index contributed by atoms with van der Waals surface area (Å²) < 4.78 is 0. The molecule has 0 saturated carbocycles.